The minimum Gasteiger partial charge on any atom is -0.357 e. The summed E-state index contributed by atoms with van der Waals surface area (Å²) in [6, 6.07) is 1.79. The maximum atomic E-state index is 4.27. The van der Waals surface area contributed by atoms with Gasteiger partial charge in [-0.15, -0.1) is 0 Å². The van der Waals surface area contributed by atoms with E-state index >= 15 is 0 Å². The van der Waals surface area contributed by atoms with Crippen molar-refractivity contribution in [2.75, 3.05) is 12.4 Å². The van der Waals surface area contributed by atoms with E-state index in [2.05, 4.69) is 35.5 Å². The van der Waals surface area contributed by atoms with Gasteiger partial charge in [-0.3, -0.25) is 0 Å². The Morgan fingerprint density at radius 3 is 2.50 bits per heavy atom. The molecular weight excluding hydrogens is 234 g/mol. The molecule has 0 aliphatic carbocycles. The average molecular weight is 243 g/mol. The number of nitrogens with zero attached hydrogens (tertiary/aromatic N) is 8. The van der Waals surface area contributed by atoms with Crippen LogP contribution < -0.4 is 5.32 Å². The molecule has 0 radical (unpaired) electrons. The molecule has 0 aromatic carbocycles. The van der Waals surface area contributed by atoms with E-state index in [0.29, 0.717) is 17.8 Å². The van der Waals surface area contributed by atoms with Crippen molar-refractivity contribution in [1.29, 1.82) is 0 Å². The minimum absolute atomic E-state index is 0.373. The minimum atomic E-state index is 0.373. The summed E-state index contributed by atoms with van der Waals surface area (Å²) < 4.78 is 3.00. The van der Waals surface area contributed by atoms with Crippen molar-refractivity contribution in [3.05, 3.63) is 31.1 Å². The van der Waals surface area contributed by atoms with Crippen LogP contribution in [0.3, 0.4) is 0 Å². The first-order valence-electron chi connectivity index (χ1n) is 5.15. The number of hydrogen-bond donors (Lipinski definition) is 1. The Bertz CT molecular complexity index is 576. The summed E-state index contributed by atoms with van der Waals surface area (Å²) in [6.45, 7) is 0. The third kappa shape index (κ3) is 1.77. The first kappa shape index (κ1) is 10.3. The van der Waals surface area contributed by atoms with E-state index < -0.39 is 0 Å². The molecule has 0 aliphatic heterocycles. The topological polar surface area (TPSA) is 99.2 Å². The van der Waals surface area contributed by atoms with E-state index in [1.165, 1.54) is 17.3 Å². The summed E-state index contributed by atoms with van der Waals surface area (Å²) in [7, 11) is 1.73. The van der Waals surface area contributed by atoms with Gasteiger partial charge in [0.2, 0.25) is 5.95 Å². The average Bonchev–Trinajstić information content (AvgIpc) is 3.10. The number of rotatable bonds is 3. The summed E-state index contributed by atoms with van der Waals surface area (Å²) in [4.78, 5) is 16.5. The lowest BCUT2D eigenvalue weighted by atomic mass is 10.7. The molecule has 3 heterocycles. The van der Waals surface area contributed by atoms with Crippen LogP contribution in [0.5, 0.6) is 0 Å². The van der Waals surface area contributed by atoms with E-state index in [4.69, 9.17) is 0 Å². The maximum absolute atomic E-state index is 4.27. The molecule has 0 aliphatic rings. The van der Waals surface area contributed by atoms with Crippen molar-refractivity contribution in [3.8, 4) is 11.9 Å². The molecule has 9 nitrogen and oxygen atoms in total. The smallest absolute Gasteiger partial charge is 0.258 e. The zero-order chi connectivity index (χ0) is 12.4. The second-order valence-electron chi connectivity index (χ2n) is 3.30. The Hall–Kier alpha value is -2.84. The molecule has 0 spiro atoms. The Kier molecular flexibility index (Phi) is 2.41. The van der Waals surface area contributed by atoms with Crippen molar-refractivity contribution in [2.45, 2.75) is 0 Å². The SMILES string of the molecule is CNc1nc(-n2cccn2)nc(-n2cncn2)n1. The van der Waals surface area contributed by atoms with Gasteiger partial charge in [0, 0.05) is 19.4 Å². The first-order valence-corrected chi connectivity index (χ1v) is 5.15. The highest BCUT2D eigenvalue weighted by atomic mass is 15.4. The molecule has 3 aromatic heterocycles. The lowest BCUT2D eigenvalue weighted by Crippen LogP contribution is -2.11. The number of hydrogen-bond acceptors (Lipinski definition) is 7. The fraction of sp³-hybridized carbons (Fsp3) is 0.111. The summed E-state index contributed by atoms with van der Waals surface area (Å²) in [6.07, 6.45) is 6.33. The van der Waals surface area contributed by atoms with Crippen LogP contribution in [0.4, 0.5) is 5.95 Å². The summed E-state index contributed by atoms with van der Waals surface area (Å²) in [5, 5.41) is 10.9. The van der Waals surface area contributed by atoms with Gasteiger partial charge in [-0.05, 0) is 6.07 Å². The fourth-order valence-corrected chi connectivity index (χ4v) is 1.37. The van der Waals surface area contributed by atoms with Gasteiger partial charge >= 0.3 is 0 Å². The quantitative estimate of drug-likeness (QED) is 0.672. The Labute approximate surface area is 102 Å². The molecule has 0 atom stereocenters. The van der Waals surface area contributed by atoms with Gasteiger partial charge in [0.25, 0.3) is 11.9 Å². The number of nitrogens with one attached hydrogen (secondary N) is 1. The molecular formula is C9H9N9. The number of anilines is 1. The molecule has 0 amide bonds. The van der Waals surface area contributed by atoms with Crippen molar-refractivity contribution in [1.82, 2.24) is 39.5 Å². The van der Waals surface area contributed by atoms with Gasteiger partial charge in [-0.25, -0.2) is 9.67 Å². The highest BCUT2D eigenvalue weighted by Gasteiger charge is 2.09. The largest absolute Gasteiger partial charge is 0.357 e. The predicted octanol–water partition coefficient (Wildman–Crippen LogP) is -0.320. The normalized spacial score (nSPS) is 10.5. The highest BCUT2D eigenvalue weighted by Crippen LogP contribution is 2.06. The van der Waals surface area contributed by atoms with Gasteiger partial charge in [-0.2, -0.15) is 29.8 Å². The monoisotopic (exact) mass is 243 g/mol. The van der Waals surface area contributed by atoms with E-state index in [0.717, 1.165) is 0 Å². The summed E-state index contributed by atoms with van der Waals surface area (Å²) in [5.41, 5.74) is 0. The molecule has 0 saturated heterocycles. The van der Waals surface area contributed by atoms with E-state index in [1.807, 2.05) is 0 Å². The van der Waals surface area contributed by atoms with E-state index in [1.54, 1.807) is 30.2 Å². The van der Waals surface area contributed by atoms with Crippen LogP contribution in [0.2, 0.25) is 0 Å². The van der Waals surface area contributed by atoms with E-state index in [-0.39, 0.29) is 0 Å². The molecule has 9 heteroatoms. The molecule has 1 N–H and O–H groups in total. The predicted molar refractivity (Wildman–Crippen MR) is 61.4 cm³/mol. The standard InChI is InChI=1S/C9H9N9/c1-10-7-14-8(17-4-2-3-12-17)16-9(15-7)18-6-11-5-13-18/h2-6H,1H3,(H,10,14,15,16). The second-order valence-corrected chi connectivity index (χ2v) is 3.30. The maximum Gasteiger partial charge on any atom is 0.258 e. The molecule has 0 bridgehead atoms. The molecule has 90 valence electrons. The Morgan fingerprint density at radius 1 is 1.06 bits per heavy atom. The molecule has 3 aromatic rings. The highest BCUT2D eigenvalue weighted by molar-refractivity contribution is 5.31. The van der Waals surface area contributed by atoms with Gasteiger partial charge in [0.15, 0.2) is 0 Å². The Balaban J connectivity index is 2.13. The lowest BCUT2D eigenvalue weighted by Gasteiger charge is -2.05. The van der Waals surface area contributed by atoms with Crippen LogP contribution in [0.15, 0.2) is 31.1 Å². The van der Waals surface area contributed by atoms with Crippen LogP contribution in [0.1, 0.15) is 0 Å². The molecule has 0 fully saturated rings. The molecule has 0 saturated carbocycles. The Morgan fingerprint density at radius 2 is 1.89 bits per heavy atom. The van der Waals surface area contributed by atoms with Crippen molar-refractivity contribution < 1.29 is 0 Å². The fourth-order valence-electron chi connectivity index (χ4n) is 1.37. The van der Waals surface area contributed by atoms with Gasteiger partial charge in [-0.1, -0.05) is 0 Å². The van der Waals surface area contributed by atoms with Gasteiger partial charge in [0.1, 0.15) is 12.7 Å². The van der Waals surface area contributed by atoms with E-state index in [9.17, 15) is 0 Å². The van der Waals surface area contributed by atoms with Crippen LogP contribution in [-0.2, 0) is 0 Å². The number of aromatic nitrogens is 8. The zero-order valence-electron chi connectivity index (χ0n) is 9.46. The van der Waals surface area contributed by atoms with Crippen LogP contribution in [0, 0.1) is 0 Å². The summed E-state index contributed by atoms with van der Waals surface area (Å²) in [5.74, 6) is 1.21. The van der Waals surface area contributed by atoms with Gasteiger partial charge < -0.3 is 5.32 Å². The van der Waals surface area contributed by atoms with Crippen molar-refractivity contribution >= 4 is 5.95 Å². The lowest BCUT2D eigenvalue weighted by molar-refractivity contribution is 0.746. The molecule has 3 rings (SSSR count). The third-order valence-electron chi connectivity index (χ3n) is 2.17. The van der Waals surface area contributed by atoms with Crippen LogP contribution in [-0.4, -0.2) is 46.5 Å². The third-order valence-corrected chi connectivity index (χ3v) is 2.17. The first-order chi connectivity index (χ1) is 8.86. The molecule has 0 unspecified atom stereocenters. The van der Waals surface area contributed by atoms with Gasteiger partial charge in [0.05, 0.1) is 0 Å². The van der Waals surface area contributed by atoms with Crippen LogP contribution >= 0.6 is 0 Å². The van der Waals surface area contributed by atoms with Crippen LogP contribution in [0.25, 0.3) is 11.9 Å². The zero-order valence-corrected chi connectivity index (χ0v) is 9.46. The van der Waals surface area contributed by atoms with Crippen molar-refractivity contribution in [2.24, 2.45) is 0 Å². The molecule has 18 heavy (non-hydrogen) atoms. The second kappa shape index (κ2) is 4.20. The summed E-state index contributed by atoms with van der Waals surface area (Å²) >= 11 is 0. The van der Waals surface area contributed by atoms with Crippen molar-refractivity contribution in [3.63, 3.8) is 0 Å².